The van der Waals surface area contributed by atoms with Crippen LogP contribution >= 0.6 is 23.1 Å². The highest BCUT2D eigenvalue weighted by molar-refractivity contribution is 8.00. The summed E-state index contributed by atoms with van der Waals surface area (Å²) < 4.78 is 7.20. The summed E-state index contributed by atoms with van der Waals surface area (Å²) >= 11 is 3.31. The molecule has 2 aromatic rings. The van der Waals surface area contributed by atoms with Gasteiger partial charge >= 0.3 is 0 Å². The molecule has 1 aliphatic heterocycles. The van der Waals surface area contributed by atoms with Crippen molar-refractivity contribution in [3.8, 4) is 5.75 Å². The van der Waals surface area contributed by atoms with Gasteiger partial charge in [0, 0.05) is 13.1 Å². The maximum atomic E-state index is 6.18. The zero-order valence-electron chi connectivity index (χ0n) is 13.7. The van der Waals surface area contributed by atoms with Gasteiger partial charge in [-0.25, -0.2) is 0 Å². The number of hydrogen-bond acceptors (Lipinski definition) is 7. The second-order valence-corrected chi connectivity index (χ2v) is 7.72. The molecule has 0 N–H and O–H groups in total. The van der Waals surface area contributed by atoms with Crippen molar-refractivity contribution in [3.05, 3.63) is 29.3 Å². The normalized spacial score (nSPS) is 17.2. The Labute approximate surface area is 145 Å². The second kappa shape index (κ2) is 7.51. The highest BCUT2D eigenvalue weighted by Crippen LogP contribution is 2.33. The number of nitrogens with zero attached hydrogens (tertiary/aromatic N) is 4. The number of thioether (sulfide) groups is 1. The molecule has 0 aliphatic carbocycles. The van der Waals surface area contributed by atoms with E-state index in [1.807, 2.05) is 12.3 Å². The Hall–Kier alpha value is -1.31. The fourth-order valence-electron chi connectivity index (χ4n) is 2.80. The summed E-state index contributed by atoms with van der Waals surface area (Å²) in [6, 6.07) is 8.28. The van der Waals surface area contributed by atoms with Crippen LogP contribution in [0.1, 0.15) is 11.9 Å². The van der Waals surface area contributed by atoms with Crippen molar-refractivity contribution in [3.63, 3.8) is 0 Å². The quantitative estimate of drug-likeness (QED) is 0.746. The van der Waals surface area contributed by atoms with Crippen LogP contribution in [0.3, 0.4) is 0 Å². The number of rotatable bonds is 6. The fourth-order valence-corrected chi connectivity index (χ4v) is 4.20. The van der Waals surface area contributed by atoms with E-state index in [4.69, 9.17) is 4.74 Å². The highest BCUT2D eigenvalue weighted by atomic mass is 32.2. The summed E-state index contributed by atoms with van der Waals surface area (Å²) in [5.74, 6) is 0.986. The molecule has 1 aliphatic rings. The molecule has 2 heterocycles. The molecule has 0 radical (unpaired) electrons. The van der Waals surface area contributed by atoms with Crippen molar-refractivity contribution in [2.45, 2.75) is 23.9 Å². The van der Waals surface area contributed by atoms with E-state index in [0.29, 0.717) is 0 Å². The summed E-state index contributed by atoms with van der Waals surface area (Å²) in [5, 5.41) is 9.45. The minimum absolute atomic E-state index is 0.169. The average molecular weight is 351 g/mol. The largest absolute Gasteiger partial charge is 0.485 e. The Kier molecular flexibility index (Phi) is 5.40. The van der Waals surface area contributed by atoms with Crippen molar-refractivity contribution in [1.29, 1.82) is 0 Å². The number of anilines is 1. The van der Waals surface area contributed by atoms with Crippen LogP contribution in [0.2, 0.25) is 0 Å². The van der Waals surface area contributed by atoms with Gasteiger partial charge in [-0.3, -0.25) is 4.90 Å². The minimum Gasteiger partial charge on any atom is -0.485 e. The van der Waals surface area contributed by atoms with Gasteiger partial charge in [-0.2, -0.15) is 0 Å². The first kappa shape index (κ1) is 16.5. The number of ether oxygens (including phenoxy) is 1. The molecule has 1 atom stereocenters. The van der Waals surface area contributed by atoms with Crippen molar-refractivity contribution < 1.29 is 4.74 Å². The van der Waals surface area contributed by atoms with E-state index in [9.17, 15) is 0 Å². The van der Waals surface area contributed by atoms with Crippen molar-refractivity contribution in [2.24, 2.45) is 0 Å². The summed E-state index contributed by atoms with van der Waals surface area (Å²) in [6.07, 6.45) is 2.20. The van der Waals surface area contributed by atoms with Gasteiger partial charge in [0.15, 0.2) is 4.34 Å². The lowest BCUT2D eigenvalue weighted by molar-refractivity contribution is 0.139. The molecule has 0 amide bonds. The minimum atomic E-state index is 0.169. The molecule has 0 saturated heterocycles. The SMILES string of the molecule is CCN1CC(CN(C)Cc2nnc(SC)s2)Oc2ccccc21. The maximum Gasteiger partial charge on any atom is 0.174 e. The molecule has 23 heavy (non-hydrogen) atoms. The molecular formula is C16H22N4OS2. The Morgan fingerprint density at radius 1 is 1.39 bits per heavy atom. The van der Waals surface area contributed by atoms with Crippen LogP contribution in [-0.4, -0.2) is 54.1 Å². The molecule has 0 bridgehead atoms. The lowest BCUT2D eigenvalue weighted by atomic mass is 10.2. The average Bonchev–Trinajstić information content (AvgIpc) is 3.01. The highest BCUT2D eigenvalue weighted by Gasteiger charge is 2.25. The van der Waals surface area contributed by atoms with Crippen LogP contribution in [-0.2, 0) is 6.54 Å². The monoisotopic (exact) mass is 350 g/mol. The zero-order chi connectivity index (χ0) is 16.2. The zero-order valence-corrected chi connectivity index (χ0v) is 15.4. The lowest BCUT2D eigenvalue weighted by Crippen LogP contribution is -2.45. The summed E-state index contributed by atoms with van der Waals surface area (Å²) in [6.45, 7) is 5.79. The molecule has 1 unspecified atom stereocenters. The number of hydrogen-bond donors (Lipinski definition) is 0. The molecule has 7 heteroatoms. The van der Waals surface area contributed by atoms with E-state index in [1.54, 1.807) is 23.1 Å². The van der Waals surface area contributed by atoms with Gasteiger partial charge in [0.05, 0.1) is 18.8 Å². The second-order valence-electron chi connectivity index (χ2n) is 5.61. The lowest BCUT2D eigenvalue weighted by Gasteiger charge is -2.37. The predicted molar refractivity (Wildman–Crippen MR) is 96.8 cm³/mol. The maximum absolute atomic E-state index is 6.18. The summed E-state index contributed by atoms with van der Waals surface area (Å²) in [4.78, 5) is 4.64. The third kappa shape index (κ3) is 3.97. The van der Waals surface area contributed by atoms with Crippen LogP contribution in [0.15, 0.2) is 28.6 Å². The standard InChI is InChI=1S/C16H22N4OS2/c1-4-20-10-12(21-14-8-6-5-7-13(14)20)9-19(2)11-15-17-18-16(22-3)23-15/h5-8,12H,4,9-11H2,1-3H3. The van der Waals surface area contributed by atoms with Gasteiger partial charge in [-0.1, -0.05) is 35.2 Å². The van der Waals surface area contributed by atoms with Crippen molar-refractivity contribution >= 4 is 28.8 Å². The van der Waals surface area contributed by atoms with Crippen LogP contribution in [0.5, 0.6) is 5.75 Å². The molecule has 0 fully saturated rings. The van der Waals surface area contributed by atoms with Gasteiger partial charge in [0.2, 0.25) is 0 Å². The van der Waals surface area contributed by atoms with E-state index in [1.165, 1.54) is 5.69 Å². The molecular weight excluding hydrogens is 328 g/mol. The number of fused-ring (bicyclic) bond motifs is 1. The van der Waals surface area contributed by atoms with E-state index in [2.05, 4.69) is 52.2 Å². The Bertz CT molecular complexity index is 649. The number of para-hydroxylation sites is 2. The van der Waals surface area contributed by atoms with E-state index in [-0.39, 0.29) is 6.10 Å². The van der Waals surface area contributed by atoms with E-state index < -0.39 is 0 Å². The fraction of sp³-hybridized carbons (Fsp3) is 0.500. The first-order chi connectivity index (χ1) is 11.2. The number of aromatic nitrogens is 2. The number of likely N-dealkylation sites (N-methyl/N-ethyl adjacent to an activating group) is 2. The number of benzene rings is 1. The Morgan fingerprint density at radius 3 is 2.96 bits per heavy atom. The molecule has 5 nitrogen and oxygen atoms in total. The Morgan fingerprint density at radius 2 is 2.22 bits per heavy atom. The van der Waals surface area contributed by atoms with Crippen molar-refractivity contribution in [2.75, 3.05) is 37.8 Å². The third-order valence-corrected chi connectivity index (χ3v) is 5.73. The molecule has 124 valence electrons. The molecule has 1 aromatic carbocycles. The van der Waals surface area contributed by atoms with Crippen LogP contribution < -0.4 is 9.64 Å². The molecule has 0 spiro atoms. The van der Waals surface area contributed by atoms with Crippen LogP contribution in [0, 0.1) is 0 Å². The Balaban J connectivity index is 1.62. The van der Waals surface area contributed by atoms with Crippen LogP contribution in [0.4, 0.5) is 5.69 Å². The molecule has 0 saturated carbocycles. The molecule has 3 rings (SSSR count). The first-order valence-corrected chi connectivity index (χ1v) is 9.79. The summed E-state index contributed by atoms with van der Waals surface area (Å²) in [5.41, 5.74) is 1.20. The smallest absolute Gasteiger partial charge is 0.174 e. The first-order valence-electron chi connectivity index (χ1n) is 7.75. The van der Waals surface area contributed by atoms with E-state index in [0.717, 1.165) is 41.3 Å². The van der Waals surface area contributed by atoms with Gasteiger partial charge in [-0.05, 0) is 32.4 Å². The third-order valence-electron chi connectivity index (χ3n) is 3.85. The van der Waals surface area contributed by atoms with Crippen LogP contribution in [0.25, 0.3) is 0 Å². The van der Waals surface area contributed by atoms with Gasteiger partial charge in [0.1, 0.15) is 16.9 Å². The van der Waals surface area contributed by atoms with E-state index >= 15 is 0 Å². The summed E-state index contributed by atoms with van der Waals surface area (Å²) in [7, 11) is 2.11. The topological polar surface area (TPSA) is 41.5 Å². The molecule has 1 aromatic heterocycles. The van der Waals surface area contributed by atoms with Gasteiger partial charge in [0.25, 0.3) is 0 Å². The van der Waals surface area contributed by atoms with Gasteiger partial charge in [-0.15, -0.1) is 10.2 Å². The van der Waals surface area contributed by atoms with Crippen molar-refractivity contribution in [1.82, 2.24) is 15.1 Å². The predicted octanol–water partition coefficient (Wildman–Crippen LogP) is 2.98. The van der Waals surface area contributed by atoms with Gasteiger partial charge < -0.3 is 9.64 Å².